The largest absolute Gasteiger partial charge is 0.356 e. The van der Waals surface area contributed by atoms with Crippen molar-refractivity contribution in [3.05, 3.63) is 0 Å². The van der Waals surface area contributed by atoms with Crippen LogP contribution in [0, 0.1) is 23.7 Å². The van der Waals surface area contributed by atoms with Gasteiger partial charge in [0, 0.05) is 18.5 Å². The highest BCUT2D eigenvalue weighted by atomic mass is 16.1. The molecule has 0 aliphatic heterocycles. The molecule has 1 amide bonds. The maximum atomic E-state index is 12.3. The molecule has 0 spiro atoms. The summed E-state index contributed by atoms with van der Waals surface area (Å²) < 4.78 is 0. The van der Waals surface area contributed by atoms with E-state index in [-0.39, 0.29) is 11.8 Å². The second-order valence-electron chi connectivity index (χ2n) is 7.36. The molecule has 2 rings (SSSR count). The summed E-state index contributed by atoms with van der Waals surface area (Å²) in [7, 11) is 0. The van der Waals surface area contributed by atoms with Gasteiger partial charge in [0.25, 0.3) is 0 Å². The number of rotatable bonds is 4. The van der Waals surface area contributed by atoms with E-state index in [1.165, 1.54) is 32.1 Å². The number of nitrogens with one attached hydrogen (secondary N) is 1. The Bertz CT molecular complexity index is 310. The van der Waals surface area contributed by atoms with Gasteiger partial charge in [-0.3, -0.25) is 4.79 Å². The van der Waals surface area contributed by atoms with Gasteiger partial charge in [-0.1, -0.05) is 39.5 Å². The fourth-order valence-corrected chi connectivity index (χ4v) is 3.98. The molecular weight excluding hydrogens is 248 g/mol. The van der Waals surface area contributed by atoms with E-state index >= 15 is 0 Å². The zero-order chi connectivity index (χ0) is 14.5. The Balaban J connectivity index is 1.65. The first-order valence-electron chi connectivity index (χ1n) is 8.59. The van der Waals surface area contributed by atoms with Crippen LogP contribution in [0.5, 0.6) is 0 Å². The summed E-state index contributed by atoms with van der Waals surface area (Å²) in [6.45, 7) is 5.39. The lowest BCUT2D eigenvalue weighted by Gasteiger charge is -2.31. The van der Waals surface area contributed by atoms with Crippen molar-refractivity contribution in [3.8, 4) is 0 Å². The molecule has 0 radical (unpaired) electrons. The van der Waals surface area contributed by atoms with Crippen LogP contribution in [0.3, 0.4) is 0 Å². The van der Waals surface area contributed by atoms with Gasteiger partial charge in [-0.2, -0.15) is 0 Å². The van der Waals surface area contributed by atoms with Crippen molar-refractivity contribution in [3.63, 3.8) is 0 Å². The maximum absolute atomic E-state index is 12.3. The van der Waals surface area contributed by atoms with Crippen molar-refractivity contribution in [1.82, 2.24) is 5.32 Å². The highest BCUT2D eigenvalue weighted by Gasteiger charge is 2.30. The molecule has 0 aromatic heterocycles. The number of hydrogen-bond donors (Lipinski definition) is 2. The Morgan fingerprint density at radius 1 is 1.10 bits per heavy atom. The number of nitrogens with two attached hydrogens (primary N) is 1. The fraction of sp³-hybridized carbons (Fsp3) is 0.941. The monoisotopic (exact) mass is 280 g/mol. The summed E-state index contributed by atoms with van der Waals surface area (Å²) in [5.74, 6) is 2.65. The maximum Gasteiger partial charge on any atom is 0.223 e. The van der Waals surface area contributed by atoms with Crippen molar-refractivity contribution in [2.24, 2.45) is 29.4 Å². The minimum absolute atomic E-state index is 0.196. The fourth-order valence-electron chi connectivity index (χ4n) is 3.98. The number of carbonyl (C=O) groups is 1. The number of carbonyl (C=O) groups excluding carboxylic acids is 1. The van der Waals surface area contributed by atoms with Crippen LogP contribution in [0.2, 0.25) is 0 Å². The third kappa shape index (κ3) is 4.47. The topological polar surface area (TPSA) is 55.1 Å². The van der Waals surface area contributed by atoms with E-state index < -0.39 is 0 Å². The zero-order valence-corrected chi connectivity index (χ0v) is 13.2. The van der Waals surface area contributed by atoms with Crippen LogP contribution in [-0.2, 0) is 4.79 Å². The highest BCUT2D eigenvalue weighted by molar-refractivity contribution is 5.79. The molecule has 3 heteroatoms. The first-order valence-corrected chi connectivity index (χ1v) is 8.59. The summed E-state index contributed by atoms with van der Waals surface area (Å²) >= 11 is 0. The quantitative estimate of drug-likeness (QED) is 0.831. The second kappa shape index (κ2) is 7.44. The minimum Gasteiger partial charge on any atom is -0.356 e. The molecule has 2 saturated carbocycles. The summed E-state index contributed by atoms with van der Waals surface area (Å²) in [6, 6.07) is 0.304. The minimum atomic E-state index is 0.196. The molecule has 3 unspecified atom stereocenters. The summed E-state index contributed by atoms with van der Waals surface area (Å²) in [6.07, 6.45) is 9.58. The predicted molar refractivity (Wildman–Crippen MR) is 83.2 cm³/mol. The van der Waals surface area contributed by atoms with E-state index in [0.717, 1.165) is 37.6 Å². The molecule has 0 aromatic rings. The summed E-state index contributed by atoms with van der Waals surface area (Å²) in [5, 5.41) is 3.18. The Morgan fingerprint density at radius 2 is 1.80 bits per heavy atom. The van der Waals surface area contributed by atoms with E-state index in [2.05, 4.69) is 19.2 Å². The third-order valence-corrected chi connectivity index (χ3v) is 5.53. The molecule has 2 aliphatic carbocycles. The predicted octanol–water partition coefficient (Wildman–Crippen LogP) is 3.08. The van der Waals surface area contributed by atoms with Gasteiger partial charge in [0.15, 0.2) is 0 Å². The Morgan fingerprint density at radius 3 is 2.45 bits per heavy atom. The van der Waals surface area contributed by atoms with Crippen molar-refractivity contribution >= 4 is 5.91 Å². The molecule has 3 atom stereocenters. The molecular formula is C17H32N2O. The van der Waals surface area contributed by atoms with Crippen LogP contribution in [0.25, 0.3) is 0 Å². The Labute approximate surface area is 124 Å². The van der Waals surface area contributed by atoms with Gasteiger partial charge in [-0.25, -0.2) is 0 Å². The summed E-state index contributed by atoms with van der Waals surface area (Å²) in [4.78, 5) is 12.3. The first-order chi connectivity index (χ1) is 9.56. The van der Waals surface area contributed by atoms with Gasteiger partial charge in [-0.05, 0) is 43.4 Å². The lowest BCUT2D eigenvalue weighted by molar-refractivity contribution is -0.127. The highest BCUT2D eigenvalue weighted by Crippen LogP contribution is 2.31. The van der Waals surface area contributed by atoms with Gasteiger partial charge in [0.2, 0.25) is 5.91 Å². The molecule has 0 aromatic carbocycles. The first kappa shape index (κ1) is 15.8. The number of amides is 1. The molecule has 3 nitrogen and oxygen atoms in total. The Kier molecular flexibility index (Phi) is 5.88. The normalized spacial score (nSPS) is 38.5. The molecule has 116 valence electrons. The summed E-state index contributed by atoms with van der Waals surface area (Å²) in [5.41, 5.74) is 5.96. The smallest absolute Gasteiger partial charge is 0.223 e. The van der Waals surface area contributed by atoms with Gasteiger partial charge in [0.05, 0.1) is 0 Å². The third-order valence-electron chi connectivity index (χ3n) is 5.53. The number of hydrogen-bond acceptors (Lipinski definition) is 2. The molecule has 3 N–H and O–H groups in total. The van der Waals surface area contributed by atoms with Crippen molar-refractivity contribution in [1.29, 1.82) is 0 Å². The van der Waals surface area contributed by atoms with Gasteiger partial charge in [0.1, 0.15) is 0 Å². The molecule has 2 fully saturated rings. The standard InChI is InChI=1S/C17H32N2O/c1-12-3-5-14(6-4-12)9-10-19-17(20)16-8-7-15(18)11-13(16)2/h12-16H,3-11,18H2,1-2H3,(H,19,20). The average molecular weight is 280 g/mol. The molecule has 20 heavy (non-hydrogen) atoms. The average Bonchev–Trinajstić information content (AvgIpc) is 2.41. The van der Waals surface area contributed by atoms with Crippen LogP contribution in [0.1, 0.15) is 65.2 Å². The van der Waals surface area contributed by atoms with Crippen LogP contribution < -0.4 is 11.1 Å². The van der Waals surface area contributed by atoms with Crippen molar-refractivity contribution in [2.45, 2.75) is 71.3 Å². The lowest BCUT2D eigenvalue weighted by atomic mass is 9.77. The van der Waals surface area contributed by atoms with E-state index in [9.17, 15) is 4.79 Å². The van der Waals surface area contributed by atoms with Crippen LogP contribution in [0.15, 0.2) is 0 Å². The lowest BCUT2D eigenvalue weighted by Crippen LogP contribution is -2.41. The van der Waals surface area contributed by atoms with E-state index in [0.29, 0.717) is 12.0 Å². The SMILES string of the molecule is CC1CCC(CCNC(=O)C2CCC(N)CC2C)CC1. The van der Waals surface area contributed by atoms with Crippen LogP contribution >= 0.6 is 0 Å². The van der Waals surface area contributed by atoms with Gasteiger partial charge < -0.3 is 11.1 Å². The van der Waals surface area contributed by atoms with E-state index in [4.69, 9.17) is 5.73 Å². The molecule has 0 saturated heterocycles. The van der Waals surface area contributed by atoms with Crippen LogP contribution in [0.4, 0.5) is 0 Å². The second-order valence-corrected chi connectivity index (χ2v) is 7.36. The van der Waals surface area contributed by atoms with E-state index in [1.807, 2.05) is 0 Å². The van der Waals surface area contributed by atoms with Crippen molar-refractivity contribution < 1.29 is 4.79 Å². The molecule has 2 aliphatic rings. The van der Waals surface area contributed by atoms with Crippen LogP contribution in [-0.4, -0.2) is 18.5 Å². The van der Waals surface area contributed by atoms with Gasteiger partial charge in [-0.15, -0.1) is 0 Å². The molecule has 0 bridgehead atoms. The van der Waals surface area contributed by atoms with E-state index in [1.54, 1.807) is 0 Å². The van der Waals surface area contributed by atoms with Gasteiger partial charge >= 0.3 is 0 Å². The Hall–Kier alpha value is -0.570. The zero-order valence-electron chi connectivity index (χ0n) is 13.2. The van der Waals surface area contributed by atoms with Crippen molar-refractivity contribution in [2.75, 3.05) is 6.54 Å². The molecule has 0 heterocycles.